The quantitative estimate of drug-likeness (QED) is 0.450. The van der Waals surface area contributed by atoms with Gasteiger partial charge < -0.3 is 4.74 Å². The number of ketones is 1. The van der Waals surface area contributed by atoms with Crippen molar-refractivity contribution in [3.8, 4) is 0 Å². The Hall–Kier alpha value is -2.76. The molecule has 2 aromatic carbocycles. The highest BCUT2D eigenvalue weighted by molar-refractivity contribution is 5.88. The van der Waals surface area contributed by atoms with Gasteiger partial charge in [-0.25, -0.2) is 0 Å². The summed E-state index contributed by atoms with van der Waals surface area (Å²) in [7, 11) is 0. The fraction of sp³-hybridized carbons (Fsp3) is 0.400. The number of rotatable bonds is 6. The highest BCUT2D eigenvalue weighted by atomic mass is 16.6. The molecule has 1 saturated carbocycles. The molecule has 0 unspecified atom stereocenters. The van der Waals surface area contributed by atoms with Crippen molar-refractivity contribution in [2.75, 3.05) is 6.54 Å². The van der Waals surface area contributed by atoms with Crippen LogP contribution in [0.5, 0.6) is 0 Å². The minimum absolute atomic E-state index is 0.0774. The summed E-state index contributed by atoms with van der Waals surface area (Å²) < 4.78 is 5.37. The van der Waals surface area contributed by atoms with Gasteiger partial charge in [0.25, 0.3) is 0 Å². The number of Topliss-reactive ketones (excluding diaryl/α,β-unsaturated/α-hetero) is 1. The van der Waals surface area contributed by atoms with Crippen LogP contribution < -0.4 is 0 Å². The smallest absolute Gasteiger partial charge is 0.306 e. The van der Waals surface area contributed by atoms with Gasteiger partial charge >= 0.3 is 5.97 Å². The summed E-state index contributed by atoms with van der Waals surface area (Å²) in [5.74, 6) is -1.66. The monoisotopic (exact) mass is 355 g/mol. The lowest BCUT2D eigenvalue weighted by Gasteiger charge is -2.17. The summed E-state index contributed by atoms with van der Waals surface area (Å²) in [6.07, 6.45) is 0.201. The van der Waals surface area contributed by atoms with Crippen LogP contribution in [0.25, 0.3) is 10.8 Å². The maximum Gasteiger partial charge on any atom is 0.306 e. The zero-order chi connectivity index (χ0) is 18.7. The molecule has 0 heterocycles. The summed E-state index contributed by atoms with van der Waals surface area (Å²) in [5, 5.41) is 12.9. The van der Waals surface area contributed by atoms with E-state index in [1.807, 2.05) is 49.4 Å². The SMILES string of the molecule is C[C@H]1CC(=O)[C@@H](CC(=O)OCc2cccc3ccccc23)[C@@H]1C[N+](=O)[O-]. The van der Waals surface area contributed by atoms with Crippen molar-refractivity contribution in [1.29, 1.82) is 0 Å². The highest BCUT2D eigenvalue weighted by Crippen LogP contribution is 2.36. The van der Waals surface area contributed by atoms with Crippen LogP contribution in [-0.4, -0.2) is 23.2 Å². The molecule has 2 aromatic rings. The molecule has 1 aliphatic carbocycles. The fourth-order valence-corrected chi connectivity index (χ4v) is 3.82. The number of esters is 1. The standard InChI is InChI=1S/C20H21NO5/c1-13-9-19(22)17(18(13)11-21(24)25)10-20(23)26-12-15-7-4-6-14-5-2-3-8-16(14)15/h2-8,13,17-18H,9-12H2,1H3/t13-,17-,18+/m0/s1. The molecule has 136 valence electrons. The van der Waals surface area contributed by atoms with Crippen molar-refractivity contribution in [3.63, 3.8) is 0 Å². The first-order chi connectivity index (χ1) is 12.5. The van der Waals surface area contributed by atoms with Gasteiger partial charge in [-0.3, -0.25) is 19.7 Å². The molecule has 1 aliphatic rings. The first-order valence-electron chi connectivity index (χ1n) is 8.72. The van der Waals surface area contributed by atoms with Crippen LogP contribution in [0.1, 0.15) is 25.3 Å². The molecule has 0 aromatic heterocycles. The van der Waals surface area contributed by atoms with Crippen LogP contribution in [0.4, 0.5) is 0 Å². The van der Waals surface area contributed by atoms with Gasteiger partial charge in [0.15, 0.2) is 0 Å². The van der Waals surface area contributed by atoms with Crippen LogP contribution in [0, 0.1) is 27.9 Å². The first kappa shape index (κ1) is 18.0. The number of fused-ring (bicyclic) bond motifs is 1. The molecule has 0 N–H and O–H groups in total. The maximum absolute atomic E-state index is 12.2. The molecular weight excluding hydrogens is 334 g/mol. The van der Waals surface area contributed by atoms with E-state index in [1.165, 1.54) is 0 Å². The van der Waals surface area contributed by atoms with E-state index in [2.05, 4.69) is 0 Å². The Labute approximate surface area is 151 Å². The summed E-state index contributed by atoms with van der Waals surface area (Å²) in [5.41, 5.74) is 0.893. The van der Waals surface area contributed by atoms with Gasteiger partial charge in [-0.15, -0.1) is 0 Å². The van der Waals surface area contributed by atoms with Crippen molar-refractivity contribution in [2.45, 2.75) is 26.4 Å². The maximum atomic E-state index is 12.2. The number of benzene rings is 2. The predicted octanol–water partition coefficient (Wildman–Crippen LogP) is 3.39. The Bertz CT molecular complexity index is 842. The molecular formula is C20H21NO5. The van der Waals surface area contributed by atoms with E-state index in [4.69, 9.17) is 4.74 Å². The van der Waals surface area contributed by atoms with E-state index in [0.717, 1.165) is 16.3 Å². The molecule has 0 bridgehead atoms. The van der Waals surface area contributed by atoms with E-state index >= 15 is 0 Å². The fourth-order valence-electron chi connectivity index (χ4n) is 3.82. The molecule has 0 aliphatic heterocycles. The summed E-state index contributed by atoms with van der Waals surface area (Å²) in [4.78, 5) is 34.8. The van der Waals surface area contributed by atoms with Gasteiger partial charge in [-0.2, -0.15) is 0 Å². The van der Waals surface area contributed by atoms with E-state index < -0.39 is 22.7 Å². The van der Waals surface area contributed by atoms with Crippen LogP contribution >= 0.6 is 0 Å². The van der Waals surface area contributed by atoms with E-state index in [9.17, 15) is 19.7 Å². The summed E-state index contributed by atoms with van der Waals surface area (Å²) in [6.45, 7) is 1.66. The molecule has 0 radical (unpaired) electrons. The van der Waals surface area contributed by atoms with Gasteiger partial charge in [0, 0.05) is 23.2 Å². The molecule has 0 spiro atoms. The highest BCUT2D eigenvalue weighted by Gasteiger charge is 2.44. The molecule has 26 heavy (non-hydrogen) atoms. The van der Waals surface area contributed by atoms with Crippen molar-refractivity contribution in [2.24, 2.45) is 17.8 Å². The molecule has 6 heteroatoms. The number of carbonyl (C=O) groups excluding carboxylic acids is 2. The van der Waals surface area contributed by atoms with E-state index in [1.54, 1.807) is 0 Å². The van der Waals surface area contributed by atoms with Crippen molar-refractivity contribution >= 4 is 22.5 Å². The third kappa shape index (κ3) is 3.90. The largest absolute Gasteiger partial charge is 0.461 e. The lowest BCUT2D eigenvalue weighted by molar-refractivity contribution is -0.490. The zero-order valence-electron chi connectivity index (χ0n) is 14.6. The first-order valence-corrected chi connectivity index (χ1v) is 8.72. The number of nitro groups is 1. The average Bonchev–Trinajstić information content (AvgIpc) is 2.86. The van der Waals surface area contributed by atoms with Crippen LogP contribution in [0.3, 0.4) is 0 Å². The molecule has 6 nitrogen and oxygen atoms in total. The van der Waals surface area contributed by atoms with Crippen LogP contribution in [0.15, 0.2) is 42.5 Å². The number of hydrogen-bond donors (Lipinski definition) is 0. The lowest BCUT2D eigenvalue weighted by Crippen LogP contribution is -2.27. The van der Waals surface area contributed by atoms with Gasteiger partial charge in [0.05, 0.1) is 6.42 Å². The second kappa shape index (κ2) is 7.64. The number of carbonyl (C=O) groups is 2. The Balaban J connectivity index is 1.64. The third-order valence-corrected chi connectivity index (χ3v) is 5.20. The van der Waals surface area contributed by atoms with Gasteiger partial charge in [0.1, 0.15) is 12.4 Å². The van der Waals surface area contributed by atoms with E-state index in [-0.39, 0.29) is 31.3 Å². The van der Waals surface area contributed by atoms with E-state index in [0.29, 0.717) is 6.42 Å². The molecule has 3 rings (SSSR count). The van der Waals surface area contributed by atoms with Crippen molar-refractivity contribution < 1.29 is 19.2 Å². The number of ether oxygens (including phenoxy) is 1. The van der Waals surface area contributed by atoms with Crippen molar-refractivity contribution in [1.82, 2.24) is 0 Å². The number of nitrogens with zero attached hydrogens (tertiary/aromatic N) is 1. The molecule has 0 saturated heterocycles. The molecule has 0 amide bonds. The van der Waals surface area contributed by atoms with Crippen LogP contribution in [0.2, 0.25) is 0 Å². The van der Waals surface area contributed by atoms with Crippen molar-refractivity contribution in [3.05, 3.63) is 58.1 Å². The van der Waals surface area contributed by atoms with Gasteiger partial charge in [-0.1, -0.05) is 49.4 Å². The Kier molecular flexibility index (Phi) is 5.30. The van der Waals surface area contributed by atoms with Gasteiger partial charge in [-0.05, 0) is 22.3 Å². The topological polar surface area (TPSA) is 86.5 Å². The Morgan fingerprint density at radius 2 is 1.96 bits per heavy atom. The van der Waals surface area contributed by atoms with Crippen LogP contribution in [-0.2, 0) is 20.9 Å². The molecule has 3 atom stereocenters. The zero-order valence-corrected chi connectivity index (χ0v) is 14.6. The lowest BCUT2D eigenvalue weighted by atomic mass is 9.88. The number of hydrogen-bond acceptors (Lipinski definition) is 5. The summed E-state index contributed by atoms with van der Waals surface area (Å²) >= 11 is 0. The predicted molar refractivity (Wildman–Crippen MR) is 96.0 cm³/mol. The normalized spacial score (nSPS) is 22.5. The second-order valence-corrected chi connectivity index (χ2v) is 6.94. The third-order valence-electron chi connectivity index (χ3n) is 5.20. The Morgan fingerprint density at radius 3 is 2.73 bits per heavy atom. The summed E-state index contributed by atoms with van der Waals surface area (Å²) in [6, 6.07) is 13.6. The Morgan fingerprint density at radius 1 is 1.23 bits per heavy atom. The second-order valence-electron chi connectivity index (χ2n) is 6.94. The average molecular weight is 355 g/mol. The molecule has 1 fully saturated rings. The minimum atomic E-state index is -0.615. The minimum Gasteiger partial charge on any atom is -0.461 e. The van der Waals surface area contributed by atoms with Gasteiger partial charge in [0.2, 0.25) is 6.54 Å².